The lowest BCUT2D eigenvalue weighted by Crippen LogP contribution is -2.20. The summed E-state index contributed by atoms with van der Waals surface area (Å²) in [5, 5.41) is 6.90. The SMILES string of the molecule is CC1CC1n1nnc(CC(N)=O)c1C(F)(F)F. The molecule has 1 fully saturated rings. The Kier molecular flexibility index (Phi) is 2.59. The third-order valence-electron chi connectivity index (χ3n) is 2.76. The van der Waals surface area contributed by atoms with E-state index in [0.29, 0.717) is 6.42 Å². The highest BCUT2D eigenvalue weighted by molar-refractivity contribution is 5.76. The second kappa shape index (κ2) is 3.71. The number of carbonyl (C=O) groups is 1. The van der Waals surface area contributed by atoms with Gasteiger partial charge in [0.05, 0.1) is 12.5 Å². The van der Waals surface area contributed by atoms with E-state index in [1.165, 1.54) is 0 Å². The van der Waals surface area contributed by atoms with E-state index in [0.717, 1.165) is 4.68 Å². The van der Waals surface area contributed by atoms with Crippen molar-refractivity contribution < 1.29 is 18.0 Å². The predicted molar refractivity (Wildman–Crippen MR) is 50.7 cm³/mol. The van der Waals surface area contributed by atoms with Gasteiger partial charge in [0.15, 0.2) is 5.69 Å². The Morgan fingerprint density at radius 2 is 2.18 bits per heavy atom. The van der Waals surface area contributed by atoms with Gasteiger partial charge in [-0.2, -0.15) is 13.2 Å². The van der Waals surface area contributed by atoms with Gasteiger partial charge in [0, 0.05) is 0 Å². The number of alkyl halides is 3. The van der Waals surface area contributed by atoms with E-state index in [-0.39, 0.29) is 12.0 Å². The van der Waals surface area contributed by atoms with Crippen molar-refractivity contribution in [3.05, 3.63) is 11.4 Å². The molecule has 0 aliphatic heterocycles. The number of carbonyl (C=O) groups excluding carboxylic acids is 1. The molecule has 2 unspecified atom stereocenters. The van der Waals surface area contributed by atoms with Crippen molar-refractivity contribution in [1.82, 2.24) is 15.0 Å². The Morgan fingerprint density at radius 1 is 1.59 bits per heavy atom. The molecule has 0 saturated heterocycles. The summed E-state index contributed by atoms with van der Waals surface area (Å²) >= 11 is 0. The van der Waals surface area contributed by atoms with Gasteiger partial charge in [-0.3, -0.25) is 4.79 Å². The average Bonchev–Trinajstić information content (AvgIpc) is 2.72. The highest BCUT2D eigenvalue weighted by Crippen LogP contribution is 2.45. The van der Waals surface area contributed by atoms with Crippen LogP contribution in [0.25, 0.3) is 0 Å². The highest BCUT2D eigenvalue weighted by Gasteiger charge is 2.45. The van der Waals surface area contributed by atoms with Crippen LogP contribution in [0.4, 0.5) is 13.2 Å². The van der Waals surface area contributed by atoms with Crippen LogP contribution in [0.5, 0.6) is 0 Å². The van der Waals surface area contributed by atoms with Gasteiger partial charge in [0.2, 0.25) is 5.91 Å². The number of nitrogens with zero attached hydrogens (tertiary/aromatic N) is 3. The first-order chi connectivity index (χ1) is 7.80. The molecule has 2 atom stereocenters. The molecule has 0 aromatic carbocycles. The van der Waals surface area contributed by atoms with Crippen LogP contribution < -0.4 is 5.73 Å². The summed E-state index contributed by atoms with van der Waals surface area (Å²) in [6.45, 7) is 1.83. The monoisotopic (exact) mass is 248 g/mol. The molecule has 8 heteroatoms. The zero-order valence-corrected chi connectivity index (χ0v) is 9.03. The molecule has 1 aliphatic carbocycles. The third kappa shape index (κ3) is 2.25. The predicted octanol–water partition coefficient (Wildman–Crippen LogP) is 0.906. The molecule has 0 spiro atoms. The molecule has 2 N–H and O–H groups in total. The van der Waals surface area contributed by atoms with Gasteiger partial charge in [0.25, 0.3) is 0 Å². The van der Waals surface area contributed by atoms with Crippen molar-refractivity contribution >= 4 is 5.91 Å². The summed E-state index contributed by atoms with van der Waals surface area (Å²) in [6, 6.07) is -0.277. The van der Waals surface area contributed by atoms with Gasteiger partial charge in [0.1, 0.15) is 5.69 Å². The van der Waals surface area contributed by atoms with Gasteiger partial charge < -0.3 is 5.73 Å². The zero-order valence-electron chi connectivity index (χ0n) is 9.03. The summed E-state index contributed by atoms with van der Waals surface area (Å²) in [7, 11) is 0. The molecule has 2 rings (SSSR count). The van der Waals surface area contributed by atoms with Crippen LogP contribution in [0.1, 0.15) is 30.8 Å². The Bertz CT molecular complexity index is 454. The maximum Gasteiger partial charge on any atom is 0.434 e. The van der Waals surface area contributed by atoms with E-state index >= 15 is 0 Å². The number of hydrogen-bond acceptors (Lipinski definition) is 3. The molecule has 0 bridgehead atoms. The molecule has 1 aromatic rings. The van der Waals surface area contributed by atoms with E-state index < -0.39 is 29.9 Å². The van der Waals surface area contributed by atoms with Crippen LogP contribution in [-0.2, 0) is 17.4 Å². The van der Waals surface area contributed by atoms with Gasteiger partial charge >= 0.3 is 6.18 Å². The number of aromatic nitrogens is 3. The molecular formula is C9H11F3N4O. The Morgan fingerprint density at radius 3 is 2.59 bits per heavy atom. The number of nitrogens with two attached hydrogens (primary N) is 1. The Balaban J connectivity index is 2.40. The van der Waals surface area contributed by atoms with Crippen molar-refractivity contribution in [3.63, 3.8) is 0 Å². The fourth-order valence-electron chi connectivity index (χ4n) is 1.78. The number of halogens is 3. The third-order valence-corrected chi connectivity index (χ3v) is 2.76. The Hall–Kier alpha value is -1.60. The van der Waals surface area contributed by atoms with Crippen LogP contribution >= 0.6 is 0 Å². The van der Waals surface area contributed by atoms with Crippen molar-refractivity contribution in [2.45, 2.75) is 32.0 Å². The second-order valence-corrected chi connectivity index (χ2v) is 4.25. The van der Waals surface area contributed by atoms with Crippen molar-refractivity contribution in [1.29, 1.82) is 0 Å². The van der Waals surface area contributed by atoms with Crippen LogP contribution in [-0.4, -0.2) is 20.9 Å². The quantitative estimate of drug-likeness (QED) is 0.863. The van der Waals surface area contributed by atoms with E-state index in [4.69, 9.17) is 5.73 Å². The molecule has 0 radical (unpaired) electrons. The summed E-state index contributed by atoms with van der Waals surface area (Å²) in [6.07, 6.45) is -4.48. The van der Waals surface area contributed by atoms with Crippen LogP contribution in [0.2, 0.25) is 0 Å². The molecule has 1 amide bonds. The number of rotatable bonds is 3. The van der Waals surface area contributed by atoms with Gasteiger partial charge in [-0.1, -0.05) is 12.1 Å². The maximum atomic E-state index is 12.9. The van der Waals surface area contributed by atoms with E-state index in [9.17, 15) is 18.0 Å². The summed E-state index contributed by atoms with van der Waals surface area (Å²) in [5.74, 6) is -0.703. The molecule has 17 heavy (non-hydrogen) atoms. The minimum atomic E-state index is -4.57. The summed E-state index contributed by atoms with van der Waals surface area (Å²) in [4.78, 5) is 10.7. The first-order valence-electron chi connectivity index (χ1n) is 5.10. The lowest BCUT2D eigenvalue weighted by Gasteiger charge is -2.10. The number of amides is 1. The van der Waals surface area contributed by atoms with Crippen molar-refractivity contribution in [2.24, 2.45) is 11.7 Å². The second-order valence-electron chi connectivity index (χ2n) is 4.25. The number of hydrogen-bond donors (Lipinski definition) is 1. The van der Waals surface area contributed by atoms with E-state index in [2.05, 4.69) is 10.3 Å². The molecule has 5 nitrogen and oxygen atoms in total. The highest BCUT2D eigenvalue weighted by atomic mass is 19.4. The van der Waals surface area contributed by atoms with E-state index in [1.54, 1.807) is 0 Å². The maximum absolute atomic E-state index is 12.9. The standard InChI is InChI=1S/C9H11F3N4O/c1-4-2-6(4)16-8(9(10,11)12)5(14-15-16)3-7(13)17/h4,6H,2-3H2,1H3,(H2,13,17). The minimum absolute atomic E-state index is 0.152. The van der Waals surface area contributed by atoms with Crippen molar-refractivity contribution in [3.8, 4) is 0 Å². The molecule has 1 heterocycles. The molecule has 1 saturated carbocycles. The van der Waals surface area contributed by atoms with Gasteiger partial charge in [-0.25, -0.2) is 4.68 Å². The summed E-state index contributed by atoms with van der Waals surface area (Å²) in [5.41, 5.74) is 3.53. The fourth-order valence-corrected chi connectivity index (χ4v) is 1.78. The number of primary amides is 1. The molecule has 1 aromatic heterocycles. The minimum Gasteiger partial charge on any atom is -0.369 e. The normalized spacial score (nSPS) is 23.8. The molecule has 1 aliphatic rings. The lowest BCUT2D eigenvalue weighted by molar-refractivity contribution is -0.145. The smallest absolute Gasteiger partial charge is 0.369 e. The Labute approximate surface area is 94.8 Å². The topological polar surface area (TPSA) is 73.8 Å². The van der Waals surface area contributed by atoms with Crippen LogP contribution in [0.3, 0.4) is 0 Å². The van der Waals surface area contributed by atoms with Gasteiger partial charge in [-0.15, -0.1) is 5.10 Å². The lowest BCUT2D eigenvalue weighted by atomic mass is 10.2. The fraction of sp³-hybridized carbons (Fsp3) is 0.667. The molecular weight excluding hydrogens is 237 g/mol. The first kappa shape index (κ1) is 11.9. The summed E-state index contributed by atoms with van der Waals surface area (Å²) < 4.78 is 39.4. The average molecular weight is 248 g/mol. The molecule has 94 valence electrons. The van der Waals surface area contributed by atoms with Crippen LogP contribution in [0, 0.1) is 5.92 Å². The first-order valence-corrected chi connectivity index (χ1v) is 5.10. The van der Waals surface area contributed by atoms with E-state index in [1.807, 2.05) is 6.92 Å². The van der Waals surface area contributed by atoms with Gasteiger partial charge in [-0.05, 0) is 12.3 Å². The largest absolute Gasteiger partial charge is 0.434 e. The van der Waals surface area contributed by atoms with Crippen LogP contribution in [0.15, 0.2) is 0 Å². The zero-order chi connectivity index (χ0) is 12.8. The van der Waals surface area contributed by atoms with Crippen molar-refractivity contribution in [2.75, 3.05) is 0 Å².